The summed E-state index contributed by atoms with van der Waals surface area (Å²) in [5, 5.41) is 0. The largest absolute Gasteiger partial charge is 0.457 e. The van der Waals surface area contributed by atoms with Gasteiger partial charge in [-0.1, -0.05) is 18.2 Å². The van der Waals surface area contributed by atoms with Gasteiger partial charge < -0.3 is 14.9 Å². The Labute approximate surface area is 116 Å². The lowest BCUT2D eigenvalue weighted by Gasteiger charge is -2.05. The zero-order chi connectivity index (χ0) is 13.8. The predicted octanol–water partition coefficient (Wildman–Crippen LogP) is 3.59. The highest BCUT2D eigenvalue weighted by Crippen LogP contribution is 2.26. The minimum Gasteiger partial charge on any atom is -0.457 e. The van der Waals surface area contributed by atoms with Crippen LogP contribution < -0.4 is 10.5 Å². The number of rotatable bonds is 4. The van der Waals surface area contributed by atoms with Gasteiger partial charge in [0.25, 0.3) is 0 Å². The number of oxazole rings is 1. The lowest BCUT2D eigenvalue weighted by atomic mass is 10.2. The zero-order valence-corrected chi connectivity index (χ0v) is 10.8. The van der Waals surface area contributed by atoms with E-state index in [0.29, 0.717) is 18.2 Å². The second kappa shape index (κ2) is 5.59. The molecule has 20 heavy (non-hydrogen) atoms. The first-order valence-corrected chi connectivity index (χ1v) is 6.33. The molecule has 0 saturated heterocycles. The molecule has 0 aliphatic carbocycles. The molecule has 4 heteroatoms. The molecule has 2 aromatic carbocycles. The van der Waals surface area contributed by atoms with Crippen LogP contribution in [0.15, 0.2) is 65.2 Å². The highest BCUT2D eigenvalue weighted by Gasteiger charge is 2.05. The Kier molecular flexibility index (Phi) is 3.48. The highest BCUT2D eigenvalue weighted by atomic mass is 16.5. The number of hydrogen-bond acceptors (Lipinski definition) is 4. The average Bonchev–Trinajstić information content (AvgIpc) is 2.98. The van der Waals surface area contributed by atoms with Crippen molar-refractivity contribution in [2.75, 3.05) is 0 Å². The molecule has 2 N–H and O–H groups in total. The highest BCUT2D eigenvalue weighted by molar-refractivity contribution is 5.57. The first-order valence-electron chi connectivity index (χ1n) is 6.33. The number of benzene rings is 2. The van der Waals surface area contributed by atoms with Gasteiger partial charge in [-0.15, -0.1) is 0 Å². The first kappa shape index (κ1) is 12.4. The van der Waals surface area contributed by atoms with Crippen molar-refractivity contribution < 1.29 is 9.15 Å². The quantitative estimate of drug-likeness (QED) is 0.783. The van der Waals surface area contributed by atoms with Crippen LogP contribution in [-0.2, 0) is 6.54 Å². The molecule has 0 radical (unpaired) electrons. The lowest BCUT2D eigenvalue weighted by molar-refractivity contribution is 0.482. The van der Waals surface area contributed by atoms with Crippen LogP contribution in [0.1, 0.15) is 5.89 Å². The number of nitrogens with two attached hydrogens (primary N) is 1. The normalized spacial score (nSPS) is 10.4. The van der Waals surface area contributed by atoms with Gasteiger partial charge in [-0.3, -0.25) is 0 Å². The van der Waals surface area contributed by atoms with Gasteiger partial charge in [0, 0.05) is 5.56 Å². The number of ether oxygens (including phenoxy) is 1. The van der Waals surface area contributed by atoms with E-state index in [2.05, 4.69) is 4.98 Å². The Morgan fingerprint density at radius 3 is 2.30 bits per heavy atom. The van der Waals surface area contributed by atoms with E-state index in [1.54, 1.807) is 6.20 Å². The maximum atomic E-state index is 5.73. The molecule has 3 aromatic rings. The van der Waals surface area contributed by atoms with E-state index >= 15 is 0 Å². The van der Waals surface area contributed by atoms with Crippen molar-refractivity contribution in [3.8, 4) is 22.8 Å². The molecule has 3 rings (SSSR count). The summed E-state index contributed by atoms with van der Waals surface area (Å²) in [4.78, 5) is 4.08. The van der Waals surface area contributed by atoms with Crippen molar-refractivity contribution in [3.05, 3.63) is 66.7 Å². The van der Waals surface area contributed by atoms with Crippen LogP contribution in [0.3, 0.4) is 0 Å². The molecule has 0 bridgehead atoms. The summed E-state index contributed by atoms with van der Waals surface area (Å²) in [5.41, 5.74) is 6.42. The molecule has 0 unspecified atom stereocenters. The van der Waals surface area contributed by atoms with E-state index in [9.17, 15) is 0 Å². The molecule has 0 amide bonds. The Hall–Kier alpha value is -2.59. The summed E-state index contributed by atoms with van der Waals surface area (Å²) >= 11 is 0. The number of aromatic nitrogens is 1. The summed E-state index contributed by atoms with van der Waals surface area (Å²) < 4.78 is 11.2. The average molecular weight is 266 g/mol. The second-order valence-electron chi connectivity index (χ2n) is 4.26. The van der Waals surface area contributed by atoms with Crippen LogP contribution in [0.5, 0.6) is 11.5 Å². The van der Waals surface area contributed by atoms with Crippen molar-refractivity contribution in [1.82, 2.24) is 4.98 Å². The summed E-state index contributed by atoms with van der Waals surface area (Å²) in [7, 11) is 0. The topological polar surface area (TPSA) is 61.3 Å². The van der Waals surface area contributed by atoms with E-state index in [-0.39, 0.29) is 0 Å². The fourth-order valence-electron chi connectivity index (χ4n) is 1.85. The van der Waals surface area contributed by atoms with Crippen LogP contribution in [-0.4, -0.2) is 4.98 Å². The molecule has 0 aliphatic heterocycles. The standard InChI is InChI=1S/C16H14N2O2/c17-10-16-18-11-15(20-16)12-6-8-14(9-7-12)19-13-4-2-1-3-5-13/h1-9,11H,10,17H2. The third-order valence-corrected chi connectivity index (χ3v) is 2.85. The van der Waals surface area contributed by atoms with Gasteiger partial charge in [-0.25, -0.2) is 4.98 Å². The Balaban J connectivity index is 1.77. The maximum Gasteiger partial charge on any atom is 0.208 e. The van der Waals surface area contributed by atoms with E-state index in [1.807, 2.05) is 54.6 Å². The van der Waals surface area contributed by atoms with Crippen LogP contribution in [0, 0.1) is 0 Å². The molecule has 0 saturated carbocycles. The Morgan fingerprint density at radius 2 is 1.65 bits per heavy atom. The van der Waals surface area contributed by atoms with Crippen LogP contribution >= 0.6 is 0 Å². The molecule has 0 atom stereocenters. The van der Waals surface area contributed by atoms with Crippen LogP contribution in [0.4, 0.5) is 0 Å². The van der Waals surface area contributed by atoms with E-state index in [4.69, 9.17) is 14.9 Å². The SMILES string of the molecule is NCc1ncc(-c2ccc(Oc3ccccc3)cc2)o1. The molecular weight excluding hydrogens is 252 g/mol. The fraction of sp³-hybridized carbons (Fsp3) is 0.0625. The molecule has 100 valence electrons. The smallest absolute Gasteiger partial charge is 0.208 e. The Bertz CT molecular complexity index is 675. The first-order chi connectivity index (χ1) is 9.85. The van der Waals surface area contributed by atoms with Gasteiger partial charge >= 0.3 is 0 Å². The minimum absolute atomic E-state index is 0.301. The molecule has 0 aliphatic rings. The van der Waals surface area contributed by atoms with Crippen molar-refractivity contribution in [2.45, 2.75) is 6.54 Å². The predicted molar refractivity (Wildman–Crippen MR) is 76.3 cm³/mol. The van der Waals surface area contributed by atoms with Crippen molar-refractivity contribution in [3.63, 3.8) is 0 Å². The third-order valence-electron chi connectivity index (χ3n) is 2.85. The summed E-state index contributed by atoms with van der Waals surface area (Å²) in [6.45, 7) is 0.301. The molecule has 1 aromatic heterocycles. The van der Waals surface area contributed by atoms with Gasteiger partial charge in [-0.2, -0.15) is 0 Å². The second-order valence-corrected chi connectivity index (χ2v) is 4.26. The number of nitrogens with zero attached hydrogens (tertiary/aromatic N) is 1. The molecule has 1 heterocycles. The zero-order valence-electron chi connectivity index (χ0n) is 10.8. The maximum absolute atomic E-state index is 5.73. The number of para-hydroxylation sites is 1. The monoisotopic (exact) mass is 266 g/mol. The third kappa shape index (κ3) is 2.70. The van der Waals surface area contributed by atoms with Gasteiger partial charge in [-0.05, 0) is 36.4 Å². The van der Waals surface area contributed by atoms with E-state index in [0.717, 1.165) is 17.1 Å². The minimum atomic E-state index is 0.301. The van der Waals surface area contributed by atoms with Gasteiger partial charge in [0.15, 0.2) is 5.76 Å². The van der Waals surface area contributed by atoms with E-state index < -0.39 is 0 Å². The fourth-order valence-corrected chi connectivity index (χ4v) is 1.85. The molecular formula is C16H14N2O2. The van der Waals surface area contributed by atoms with Crippen LogP contribution in [0.2, 0.25) is 0 Å². The van der Waals surface area contributed by atoms with Gasteiger partial charge in [0.1, 0.15) is 11.5 Å². The van der Waals surface area contributed by atoms with Crippen LogP contribution in [0.25, 0.3) is 11.3 Å². The van der Waals surface area contributed by atoms with E-state index in [1.165, 1.54) is 0 Å². The number of hydrogen-bond donors (Lipinski definition) is 1. The van der Waals surface area contributed by atoms with Gasteiger partial charge in [0.2, 0.25) is 5.89 Å². The summed E-state index contributed by atoms with van der Waals surface area (Å²) in [5.74, 6) is 2.82. The van der Waals surface area contributed by atoms with Crippen molar-refractivity contribution in [1.29, 1.82) is 0 Å². The summed E-state index contributed by atoms with van der Waals surface area (Å²) in [6.07, 6.45) is 1.68. The Morgan fingerprint density at radius 1 is 0.950 bits per heavy atom. The molecule has 0 fully saturated rings. The lowest BCUT2D eigenvalue weighted by Crippen LogP contribution is -1.94. The molecule has 0 spiro atoms. The van der Waals surface area contributed by atoms with Crippen molar-refractivity contribution >= 4 is 0 Å². The van der Waals surface area contributed by atoms with Crippen molar-refractivity contribution in [2.24, 2.45) is 5.73 Å². The summed E-state index contributed by atoms with van der Waals surface area (Å²) in [6, 6.07) is 17.3. The van der Waals surface area contributed by atoms with Gasteiger partial charge in [0.05, 0.1) is 12.7 Å². The molecule has 4 nitrogen and oxygen atoms in total.